The number of aromatic nitrogens is 3. The quantitative estimate of drug-likeness (QED) is 0.548. The summed E-state index contributed by atoms with van der Waals surface area (Å²) in [4.78, 5) is 13.7. The van der Waals surface area contributed by atoms with Crippen molar-refractivity contribution in [1.29, 1.82) is 0 Å². The Hall–Kier alpha value is -2.74. The number of rotatable bonds is 3. The molecule has 0 spiro atoms. The zero-order valence-corrected chi connectivity index (χ0v) is 11.0. The normalized spacial score (nSPS) is 10.8. The minimum Gasteiger partial charge on any atom is -0.434 e. The molecule has 0 radical (unpaired) electrons. The molecule has 106 valence electrons. The average molecular weight is 309 g/mol. The van der Waals surface area contributed by atoms with Gasteiger partial charge in [-0.15, -0.1) is 5.10 Å². The summed E-state index contributed by atoms with van der Waals surface area (Å²) in [6.07, 6.45) is 1.63. The molecular weight excluding hydrogens is 303 g/mol. The van der Waals surface area contributed by atoms with Crippen molar-refractivity contribution in [3.63, 3.8) is 0 Å². The Labute approximate surface area is 121 Å². The van der Waals surface area contributed by atoms with Crippen LogP contribution in [0, 0.1) is 15.9 Å². The topological polar surface area (TPSA) is 82.6 Å². The van der Waals surface area contributed by atoms with Gasteiger partial charge in [-0.2, -0.15) is 4.98 Å². The van der Waals surface area contributed by atoms with Gasteiger partial charge in [-0.3, -0.25) is 10.1 Å². The fraction of sp³-hybridized carbons (Fsp3) is 0. The Morgan fingerprint density at radius 3 is 2.90 bits per heavy atom. The third-order valence-electron chi connectivity index (χ3n) is 2.66. The summed E-state index contributed by atoms with van der Waals surface area (Å²) in [7, 11) is 0. The maximum Gasteiger partial charge on any atom is 0.272 e. The second-order valence-corrected chi connectivity index (χ2v) is 4.34. The van der Waals surface area contributed by atoms with Crippen LogP contribution in [0.2, 0.25) is 5.28 Å². The van der Waals surface area contributed by atoms with Crippen molar-refractivity contribution in [2.24, 2.45) is 0 Å². The van der Waals surface area contributed by atoms with E-state index in [2.05, 4.69) is 10.1 Å². The zero-order chi connectivity index (χ0) is 15.0. The van der Waals surface area contributed by atoms with Gasteiger partial charge in [-0.25, -0.2) is 8.91 Å². The molecule has 3 aromatic rings. The number of hydrogen-bond acceptors (Lipinski definition) is 5. The molecule has 0 aliphatic heterocycles. The highest BCUT2D eigenvalue weighted by atomic mass is 35.5. The molecule has 0 atom stereocenters. The molecule has 21 heavy (non-hydrogen) atoms. The molecule has 1 aromatic carbocycles. The number of nitrogens with zero attached hydrogens (tertiary/aromatic N) is 4. The van der Waals surface area contributed by atoms with E-state index in [1.165, 1.54) is 4.52 Å². The molecule has 0 saturated heterocycles. The van der Waals surface area contributed by atoms with Crippen molar-refractivity contribution in [2.45, 2.75) is 0 Å². The summed E-state index contributed by atoms with van der Waals surface area (Å²) in [6, 6.07) is 6.42. The van der Waals surface area contributed by atoms with Crippen LogP contribution in [0.5, 0.6) is 11.6 Å². The fourth-order valence-corrected chi connectivity index (χ4v) is 1.90. The lowest BCUT2D eigenvalue weighted by molar-refractivity contribution is -0.385. The van der Waals surface area contributed by atoms with Crippen LogP contribution < -0.4 is 4.74 Å². The fourth-order valence-electron chi connectivity index (χ4n) is 1.75. The van der Waals surface area contributed by atoms with Crippen molar-refractivity contribution < 1.29 is 14.1 Å². The lowest BCUT2D eigenvalue weighted by atomic mass is 10.3. The van der Waals surface area contributed by atoms with E-state index in [0.717, 1.165) is 18.2 Å². The Morgan fingerprint density at radius 2 is 2.19 bits per heavy atom. The molecule has 3 rings (SSSR count). The Kier molecular flexibility index (Phi) is 3.15. The first-order valence-electron chi connectivity index (χ1n) is 5.67. The monoisotopic (exact) mass is 308 g/mol. The number of halogens is 2. The number of nitro benzene ring substituents is 1. The molecule has 0 fully saturated rings. The summed E-state index contributed by atoms with van der Waals surface area (Å²) in [5.74, 6) is -1.02. The van der Waals surface area contributed by atoms with Crippen molar-refractivity contribution in [2.75, 3.05) is 0 Å². The van der Waals surface area contributed by atoms with Crippen molar-refractivity contribution in [3.05, 3.63) is 57.7 Å². The largest absolute Gasteiger partial charge is 0.434 e. The number of fused-ring (bicyclic) bond motifs is 1. The average Bonchev–Trinajstić information content (AvgIpc) is 2.88. The lowest BCUT2D eigenvalue weighted by Gasteiger charge is -2.07. The standard InChI is InChI=1S/C12H6ClFN4O3/c13-12-15-11(9-2-1-5-17(9)16-12)21-10-4-3-7(18(19)20)6-8(10)14/h1-6H. The first kappa shape index (κ1) is 13.3. The van der Waals surface area contributed by atoms with E-state index >= 15 is 0 Å². The highest BCUT2D eigenvalue weighted by Crippen LogP contribution is 2.29. The molecule has 9 heteroatoms. The van der Waals surface area contributed by atoms with Crippen LogP contribution in [0.1, 0.15) is 0 Å². The number of nitro groups is 1. The van der Waals surface area contributed by atoms with Crippen LogP contribution in [-0.4, -0.2) is 19.5 Å². The summed E-state index contributed by atoms with van der Waals surface area (Å²) in [5, 5.41) is 14.4. The molecule has 0 bridgehead atoms. The molecule has 0 aliphatic rings. The van der Waals surface area contributed by atoms with Gasteiger partial charge in [0.1, 0.15) is 5.52 Å². The van der Waals surface area contributed by atoms with Crippen molar-refractivity contribution >= 4 is 22.8 Å². The van der Waals surface area contributed by atoms with Gasteiger partial charge in [0, 0.05) is 12.3 Å². The van der Waals surface area contributed by atoms with E-state index in [4.69, 9.17) is 16.3 Å². The van der Waals surface area contributed by atoms with E-state index in [9.17, 15) is 14.5 Å². The zero-order valence-electron chi connectivity index (χ0n) is 10.2. The summed E-state index contributed by atoms with van der Waals surface area (Å²) < 4.78 is 20.6. The van der Waals surface area contributed by atoms with Crippen LogP contribution >= 0.6 is 11.6 Å². The van der Waals surface area contributed by atoms with Crippen LogP contribution in [0.25, 0.3) is 5.52 Å². The SMILES string of the molecule is O=[N+]([O-])c1ccc(Oc2nc(Cl)nn3cccc23)c(F)c1. The van der Waals surface area contributed by atoms with Gasteiger partial charge in [-0.1, -0.05) is 0 Å². The van der Waals surface area contributed by atoms with Crippen LogP contribution in [-0.2, 0) is 0 Å². The van der Waals surface area contributed by atoms with E-state index in [-0.39, 0.29) is 22.6 Å². The van der Waals surface area contributed by atoms with Gasteiger partial charge in [-0.05, 0) is 29.8 Å². The molecule has 2 heterocycles. The smallest absolute Gasteiger partial charge is 0.272 e. The molecule has 7 nitrogen and oxygen atoms in total. The third-order valence-corrected chi connectivity index (χ3v) is 2.82. The number of hydrogen-bond donors (Lipinski definition) is 0. The van der Waals surface area contributed by atoms with Gasteiger partial charge in [0.05, 0.1) is 11.0 Å². The molecule has 2 aromatic heterocycles. The highest BCUT2D eigenvalue weighted by Gasteiger charge is 2.15. The number of benzene rings is 1. The van der Waals surface area contributed by atoms with Crippen molar-refractivity contribution in [1.82, 2.24) is 14.6 Å². The summed E-state index contributed by atoms with van der Waals surface area (Å²) >= 11 is 5.75. The van der Waals surface area contributed by atoms with Crippen LogP contribution in [0.3, 0.4) is 0 Å². The number of non-ortho nitro benzene ring substituents is 1. The first-order valence-corrected chi connectivity index (χ1v) is 6.05. The second-order valence-electron chi connectivity index (χ2n) is 4.00. The molecular formula is C12H6ClFN4O3. The Balaban J connectivity index is 2.02. The van der Waals surface area contributed by atoms with Gasteiger partial charge in [0.15, 0.2) is 11.6 Å². The minimum absolute atomic E-state index is 0.0488. The van der Waals surface area contributed by atoms with E-state index in [1.54, 1.807) is 18.3 Å². The number of ether oxygens (including phenoxy) is 1. The highest BCUT2D eigenvalue weighted by molar-refractivity contribution is 6.28. The Bertz CT molecular complexity index is 852. The van der Waals surface area contributed by atoms with Crippen molar-refractivity contribution in [3.8, 4) is 11.6 Å². The molecule has 0 unspecified atom stereocenters. The molecule has 0 amide bonds. The van der Waals surface area contributed by atoms with Crippen LogP contribution in [0.4, 0.5) is 10.1 Å². The van der Waals surface area contributed by atoms with Gasteiger partial charge in [0.25, 0.3) is 5.69 Å². The summed E-state index contributed by atoms with van der Waals surface area (Å²) in [5.41, 5.74) is 0.116. The van der Waals surface area contributed by atoms with E-state index < -0.39 is 10.7 Å². The first-order chi connectivity index (χ1) is 10.0. The second kappa shape index (κ2) is 4.98. The van der Waals surface area contributed by atoms with Gasteiger partial charge in [0.2, 0.25) is 11.2 Å². The lowest BCUT2D eigenvalue weighted by Crippen LogP contribution is -1.99. The predicted molar refractivity (Wildman–Crippen MR) is 71.1 cm³/mol. The molecule has 0 N–H and O–H groups in total. The third kappa shape index (κ3) is 2.48. The predicted octanol–water partition coefficient (Wildman–Crippen LogP) is 3.22. The van der Waals surface area contributed by atoms with Gasteiger partial charge < -0.3 is 4.74 Å². The molecule has 0 saturated carbocycles. The minimum atomic E-state index is -0.872. The maximum absolute atomic E-state index is 13.8. The van der Waals surface area contributed by atoms with Crippen LogP contribution in [0.15, 0.2) is 36.5 Å². The van der Waals surface area contributed by atoms with E-state index in [1.807, 2.05) is 0 Å². The maximum atomic E-state index is 13.8. The molecule has 0 aliphatic carbocycles. The van der Waals surface area contributed by atoms with E-state index in [0.29, 0.717) is 5.52 Å². The van der Waals surface area contributed by atoms with Gasteiger partial charge >= 0.3 is 0 Å². The summed E-state index contributed by atoms with van der Waals surface area (Å²) in [6.45, 7) is 0. The Morgan fingerprint density at radius 1 is 1.38 bits per heavy atom.